The molecule has 2 heteroatoms. The van der Waals surface area contributed by atoms with E-state index >= 15 is 0 Å². The van der Waals surface area contributed by atoms with E-state index in [1.165, 1.54) is 45.4 Å². The van der Waals surface area contributed by atoms with Crippen LogP contribution in [0.15, 0.2) is 0 Å². The van der Waals surface area contributed by atoms with Gasteiger partial charge in [-0.05, 0) is 38.5 Å². The van der Waals surface area contributed by atoms with Gasteiger partial charge in [-0.3, -0.25) is 9.80 Å². The van der Waals surface area contributed by atoms with E-state index in [-0.39, 0.29) is 0 Å². The summed E-state index contributed by atoms with van der Waals surface area (Å²) in [4.78, 5) is 5.41. The zero-order valence-electron chi connectivity index (χ0n) is 11.5. The van der Waals surface area contributed by atoms with Crippen LogP contribution in [-0.2, 0) is 0 Å². The molecule has 0 N–H and O–H groups in total. The molecule has 0 saturated carbocycles. The summed E-state index contributed by atoms with van der Waals surface area (Å²) in [6.45, 7) is 14.7. The Hall–Kier alpha value is -0.0800. The highest BCUT2D eigenvalue weighted by Crippen LogP contribution is 2.41. The van der Waals surface area contributed by atoms with Crippen molar-refractivity contribution in [2.75, 3.05) is 26.2 Å². The van der Waals surface area contributed by atoms with Crippen LogP contribution in [0.4, 0.5) is 0 Å². The average molecular weight is 224 g/mol. The smallest absolute Gasteiger partial charge is 0.0229 e. The highest BCUT2D eigenvalue weighted by Gasteiger charge is 2.43. The van der Waals surface area contributed by atoms with Gasteiger partial charge in [0, 0.05) is 38.3 Å². The molecule has 2 nitrogen and oxygen atoms in total. The summed E-state index contributed by atoms with van der Waals surface area (Å²) in [5.74, 6) is 0. The van der Waals surface area contributed by atoms with E-state index < -0.39 is 0 Å². The number of hydrogen-bond acceptors (Lipinski definition) is 2. The van der Waals surface area contributed by atoms with Crippen molar-refractivity contribution in [2.45, 2.75) is 59.0 Å². The standard InChI is InChI=1S/C14H28N2/c1-5-14(6-2)9-13-10-15(12(3)4)7-8-16(13)11-14/h12-13H,5-11H2,1-4H3/t13-/m0/s1. The van der Waals surface area contributed by atoms with Crippen LogP contribution >= 0.6 is 0 Å². The minimum absolute atomic E-state index is 0.637. The van der Waals surface area contributed by atoms with Crippen molar-refractivity contribution >= 4 is 0 Å². The van der Waals surface area contributed by atoms with E-state index in [4.69, 9.17) is 0 Å². The molecular formula is C14H28N2. The van der Waals surface area contributed by atoms with Gasteiger partial charge in [-0.15, -0.1) is 0 Å². The second kappa shape index (κ2) is 4.66. The maximum absolute atomic E-state index is 2.76. The average Bonchev–Trinajstić information content (AvgIpc) is 2.67. The first-order valence-electron chi connectivity index (χ1n) is 7.08. The Labute approximate surface area is 101 Å². The van der Waals surface area contributed by atoms with Crippen LogP contribution in [0.1, 0.15) is 47.0 Å². The SMILES string of the molecule is CCC1(CC)C[C@H]2CN(C(C)C)CCN2C1. The topological polar surface area (TPSA) is 6.48 Å². The van der Waals surface area contributed by atoms with E-state index in [9.17, 15) is 0 Å². The molecule has 2 heterocycles. The quantitative estimate of drug-likeness (QED) is 0.727. The van der Waals surface area contributed by atoms with Gasteiger partial charge in [0.1, 0.15) is 0 Å². The number of rotatable bonds is 3. The van der Waals surface area contributed by atoms with Gasteiger partial charge in [-0.1, -0.05) is 13.8 Å². The van der Waals surface area contributed by atoms with Gasteiger partial charge in [-0.2, -0.15) is 0 Å². The summed E-state index contributed by atoms with van der Waals surface area (Å²) >= 11 is 0. The minimum Gasteiger partial charge on any atom is -0.298 e. The third-order valence-electron chi connectivity index (χ3n) is 5.07. The van der Waals surface area contributed by atoms with Crippen LogP contribution in [-0.4, -0.2) is 48.1 Å². The lowest BCUT2D eigenvalue weighted by molar-refractivity contribution is 0.0816. The molecule has 2 saturated heterocycles. The third kappa shape index (κ3) is 2.14. The summed E-state index contributed by atoms with van der Waals surface area (Å²) in [7, 11) is 0. The predicted molar refractivity (Wildman–Crippen MR) is 69.7 cm³/mol. The Kier molecular flexibility index (Phi) is 3.60. The van der Waals surface area contributed by atoms with Crippen molar-refractivity contribution in [3.63, 3.8) is 0 Å². The number of fused-ring (bicyclic) bond motifs is 1. The molecule has 0 aromatic rings. The van der Waals surface area contributed by atoms with E-state index in [0.29, 0.717) is 5.41 Å². The zero-order chi connectivity index (χ0) is 11.8. The molecule has 0 bridgehead atoms. The predicted octanol–water partition coefficient (Wildman–Crippen LogP) is 2.59. The van der Waals surface area contributed by atoms with Crippen LogP contribution in [0, 0.1) is 5.41 Å². The highest BCUT2D eigenvalue weighted by atomic mass is 15.3. The Morgan fingerprint density at radius 2 is 1.88 bits per heavy atom. The second-order valence-corrected chi connectivity index (χ2v) is 6.12. The van der Waals surface area contributed by atoms with Crippen LogP contribution < -0.4 is 0 Å². The molecule has 0 radical (unpaired) electrons. The summed E-state index contributed by atoms with van der Waals surface area (Å²) in [5, 5.41) is 0. The molecule has 0 aliphatic carbocycles. The van der Waals surface area contributed by atoms with E-state index in [1.54, 1.807) is 0 Å². The molecule has 2 fully saturated rings. The molecule has 16 heavy (non-hydrogen) atoms. The van der Waals surface area contributed by atoms with Crippen LogP contribution in [0.2, 0.25) is 0 Å². The second-order valence-electron chi connectivity index (χ2n) is 6.12. The molecule has 2 rings (SSSR count). The van der Waals surface area contributed by atoms with Crippen molar-refractivity contribution < 1.29 is 0 Å². The first kappa shape index (κ1) is 12.4. The Morgan fingerprint density at radius 3 is 2.44 bits per heavy atom. The summed E-state index contributed by atoms with van der Waals surface area (Å²) < 4.78 is 0. The lowest BCUT2D eigenvalue weighted by atomic mass is 9.80. The summed E-state index contributed by atoms with van der Waals surface area (Å²) in [6.07, 6.45) is 4.15. The molecule has 1 atom stereocenters. The minimum atomic E-state index is 0.637. The maximum atomic E-state index is 2.76. The molecule has 0 unspecified atom stereocenters. The summed E-state index contributed by atoms with van der Waals surface area (Å²) in [5.41, 5.74) is 0.637. The zero-order valence-corrected chi connectivity index (χ0v) is 11.5. The van der Waals surface area contributed by atoms with E-state index in [2.05, 4.69) is 37.5 Å². The van der Waals surface area contributed by atoms with Gasteiger partial charge in [0.15, 0.2) is 0 Å². The number of nitrogens with zero attached hydrogens (tertiary/aromatic N) is 2. The molecule has 2 aliphatic rings. The fourth-order valence-corrected chi connectivity index (χ4v) is 3.55. The van der Waals surface area contributed by atoms with Gasteiger partial charge in [-0.25, -0.2) is 0 Å². The molecular weight excluding hydrogens is 196 g/mol. The largest absolute Gasteiger partial charge is 0.298 e. The van der Waals surface area contributed by atoms with Gasteiger partial charge in [0.2, 0.25) is 0 Å². The lowest BCUT2D eigenvalue weighted by Gasteiger charge is -2.39. The third-order valence-corrected chi connectivity index (χ3v) is 5.07. The monoisotopic (exact) mass is 224 g/mol. The van der Waals surface area contributed by atoms with Gasteiger partial charge >= 0.3 is 0 Å². The molecule has 0 aromatic carbocycles. The summed E-state index contributed by atoms with van der Waals surface area (Å²) in [6, 6.07) is 1.57. The van der Waals surface area contributed by atoms with Crippen LogP contribution in [0.3, 0.4) is 0 Å². The Morgan fingerprint density at radius 1 is 1.19 bits per heavy atom. The first-order chi connectivity index (χ1) is 7.60. The fourth-order valence-electron chi connectivity index (χ4n) is 3.55. The molecule has 2 aliphatic heterocycles. The van der Waals surface area contributed by atoms with Gasteiger partial charge in [0.25, 0.3) is 0 Å². The van der Waals surface area contributed by atoms with Gasteiger partial charge < -0.3 is 0 Å². The van der Waals surface area contributed by atoms with Crippen molar-refractivity contribution in [1.29, 1.82) is 0 Å². The maximum Gasteiger partial charge on any atom is 0.0229 e. The Bertz CT molecular complexity index is 233. The molecule has 94 valence electrons. The Balaban J connectivity index is 2.01. The highest BCUT2D eigenvalue weighted by molar-refractivity contribution is 4.98. The normalized spacial score (nSPS) is 30.9. The van der Waals surface area contributed by atoms with Crippen molar-refractivity contribution in [2.24, 2.45) is 5.41 Å². The lowest BCUT2D eigenvalue weighted by Crippen LogP contribution is -2.52. The first-order valence-corrected chi connectivity index (χ1v) is 7.08. The number of hydrogen-bond donors (Lipinski definition) is 0. The van der Waals surface area contributed by atoms with Gasteiger partial charge in [0.05, 0.1) is 0 Å². The fraction of sp³-hybridized carbons (Fsp3) is 1.00. The van der Waals surface area contributed by atoms with Crippen molar-refractivity contribution in [1.82, 2.24) is 9.80 Å². The molecule has 0 amide bonds. The van der Waals surface area contributed by atoms with Crippen molar-refractivity contribution in [3.05, 3.63) is 0 Å². The number of piperazine rings is 1. The van der Waals surface area contributed by atoms with E-state index in [1.807, 2.05) is 0 Å². The van der Waals surface area contributed by atoms with Crippen LogP contribution in [0.5, 0.6) is 0 Å². The molecule has 0 aromatic heterocycles. The van der Waals surface area contributed by atoms with Crippen LogP contribution in [0.25, 0.3) is 0 Å². The van der Waals surface area contributed by atoms with Crippen molar-refractivity contribution in [3.8, 4) is 0 Å². The molecule has 0 spiro atoms. The van der Waals surface area contributed by atoms with E-state index in [0.717, 1.165) is 12.1 Å².